The van der Waals surface area contributed by atoms with E-state index in [0.717, 1.165) is 16.5 Å². The zero-order valence-corrected chi connectivity index (χ0v) is 15.5. The van der Waals surface area contributed by atoms with Crippen molar-refractivity contribution in [2.24, 2.45) is 0 Å². The number of esters is 1. The van der Waals surface area contributed by atoms with E-state index in [2.05, 4.69) is 10.3 Å². The van der Waals surface area contributed by atoms with Crippen molar-refractivity contribution < 1.29 is 14.3 Å². The number of aromatic nitrogens is 1. The Morgan fingerprint density at radius 1 is 0.828 bits per heavy atom. The molecule has 29 heavy (non-hydrogen) atoms. The van der Waals surface area contributed by atoms with Crippen LogP contribution in [0.1, 0.15) is 15.9 Å². The summed E-state index contributed by atoms with van der Waals surface area (Å²) in [7, 11) is 0. The third-order valence-electron chi connectivity index (χ3n) is 4.43. The number of anilines is 1. The van der Waals surface area contributed by atoms with Gasteiger partial charge in [0.25, 0.3) is 5.91 Å². The minimum absolute atomic E-state index is 0.126. The molecule has 1 aromatic heterocycles. The van der Waals surface area contributed by atoms with Gasteiger partial charge in [0.15, 0.2) is 0 Å². The summed E-state index contributed by atoms with van der Waals surface area (Å²) in [4.78, 5) is 28.9. The van der Waals surface area contributed by atoms with Crippen molar-refractivity contribution in [3.63, 3.8) is 0 Å². The Morgan fingerprint density at radius 3 is 2.38 bits per heavy atom. The summed E-state index contributed by atoms with van der Waals surface area (Å²) < 4.78 is 5.43. The van der Waals surface area contributed by atoms with Crippen LogP contribution in [0.4, 0.5) is 5.69 Å². The van der Waals surface area contributed by atoms with E-state index in [1.54, 1.807) is 42.6 Å². The first-order chi connectivity index (χ1) is 14.2. The lowest BCUT2D eigenvalue weighted by atomic mass is 10.1. The highest BCUT2D eigenvalue weighted by molar-refractivity contribution is 6.04. The van der Waals surface area contributed by atoms with Crippen LogP contribution in [0, 0.1) is 0 Å². The van der Waals surface area contributed by atoms with Crippen molar-refractivity contribution in [3.05, 3.63) is 102 Å². The lowest BCUT2D eigenvalue weighted by Crippen LogP contribution is -2.13. The molecule has 1 heterocycles. The number of amides is 1. The summed E-state index contributed by atoms with van der Waals surface area (Å²) in [6.07, 6.45) is 1.83. The highest BCUT2D eigenvalue weighted by atomic mass is 16.5. The number of nitrogens with one attached hydrogen (secondary N) is 1. The van der Waals surface area contributed by atoms with Gasteiger partial charge in [-0.15, -0.1) is 0 Å². The average molecular weight is 382 g/mol. The number of carbonyl (C=O) groups is 2. The molecular formula is C24H18N2O3. The van der Waals surface area contributed by atoms with Crippen molar-refractivity contribution in [1.82, 2.24) is 4.98 Å². The molecule has 0 fully saturated rings. The quantitative estimate of drug-likeness (QED) is 0.403. The van der Waals surface area contributed by atoms with Crippen LogP contribution < -0.4 is 10.1 Å². The van der Waals surface area contributed by atoms with E-state index in [1.165, 1.54) is 0 Å². The maximum atomic E-state index is 12.4. The van der Waals surface area contributed by atoms with Gasteiger partial charge in [-0.1, -0.05) is 42.5 Å². The van der Waals surface area contributed by atoms with E-state index >= 15 is 0 Å². The van der Waals surface area contributed by atoms with Crippen molar-refractivity contribution in [1.29, 1.82) is 0 Å². The Kier molecular flexibility index (Phi) is 5.29. The van der Waals surface area contributed by atoms with E-state index in [1.807, 2.05) is 48.5 Å². The number of benzene rings is 3. The Balaban J connectivity index is 1.39. The number of hydrogen-bond donors (Lipinski definition) is 1. The second kappa shape index (κ2) is 8.35. The van der Waals surface area contributed by atoms with Gasteiger partial charge in [0.05, 0.1) is 11.9 Å². The molecule has 0 aliphatic heterocycles. The molecule has 4 rings (SSSR count). The van der Waals surface area contributed by atoms with E-state index in [9.17, 15) is 9.59 Å². The van der Waals surface area contributed by atoms with Gasteiger partial charge >= 0.3 is 5.97 Å². The fourth-order valence-electron chi connectivity index (χ4n) is 3.03. The van der Waals surface area contributed by atoms with Crippen LogP contribution in [0.5, 0.6) is 5.75 Å². The van der Waals surface area contributed by atoms with Gasteiger partial charge in [0.1, 0.15) is 5.75 Å². The van der Waals surface area contributed by atoms with E-state index in [-0.39, 0.29) is 18.3 Å². The molecule has 0 saturated carbocycles. The van der Waals surface area contributed by atoms with E-state index in [4.69, 9.17) is 4.74 Å². The zero-order valence-electron chi connectivity index (χ0n) is 15.5. The highest BCUT2D eigenvalue weighted by Gasteiger charge is 2.11. The Labute approximate surface area is 168 Å². The van der Waals surface area contributed by atoms with Crippen molar-refractivity contribution in [2.45, 2.75) is 6.42 Å². The summed E-state index contributed by atoms with van der Waals surface area (Å²) in [6, 6.07) is 25.2. The van der Waals surface area contributed by atoms with Gasteiger partial charge in [-0.05, 0) is 48.0 Å². The summed E-state index contributed by atoms with van der Waals surface area (Å²) in [5, 5.41) is 3.79. The van der Waals surface area contributed by atoms with Gasteiger partial charge in [-0.2, -0.15) is 0 Å². The topological polar surface area (TPSA) is 68.3 Å². The molecule has 3 aromatic carbocycles. The number of pyridine rings is 1. The molecule has 0 aliphatic rings. The summed E-state index contributed by atoms with van der Waals surface area (Å²) in [6.45, 7) is 0. The van der Waals surface area contributed by atoms with Crippen LogP contribution in [-0.2, 0) is 11.2 Å². The third-order valence-corrected chi connectivity index (χ3v) is 4.43. The Bertz CT molecular complexity index is 1150. The summed E-state index contributed by atoms with van der Waals surface area (Å²) in [5.41, 5.74) is 2.81. The summed E-state index contributed by atoms with van der Waals surface area (Å²) in [5.74, 6) is -0.149. The number of ether oxygens (including phenoxy) is 1. The van der Waals surface area contributed by atoms with E-state index in [0.29, 0.717) is 17.0 Å². The minimum Gasteiger partial charge on any atom is -0.426 e. The smallest absolute Gasteiger partial charge is 0.315 e. The summed E-state index contributed by atoms with van der Waals surface area (Å²) >= 11 is 0. The fraction of sp³-hybridized carbons (Fsp3) is 0.0417. The third kappa shape index (κ3) is 4.47. The first-order valence-corrected chi connectivity index (χ1v) is 9.19. The van der Waals surface area contributed by atoms with Gasteiger partial charge in [0.2, 0.25) is 0 Å². The van der Waals surface area contributed by atoms with Crippen molar-refractivity contribution >= 4 is 28.5 Å². The van der Waals surface area contributed by atoms with Crippen molar-refractivity contribution in [2.75, 3.05) is 5.32 Å². The fourth-order valence-corrected chi connectivity index (χ4v) is 3.03. The second-order valence-electron chi connectivity index (χ2n) is 6.49. The maximum Gasteiger partial charge on any atom is 0.315 e. The molecule has 0 saturated heterocycles. The molecule has 1 amide bonds. The first-order valence-electron chi connectivity index (χ1n) is 9.19. The largest absolute Gasteiger partial charge is 0.426 e. The van der Waals surface area contributed by atoms with Crippen LogP contribution in [0.3, 0.4) is 0 Å². The van der Waals surface area contributed by atoms with Crippen LogP contribution in [0.15, 0.2) is 91.1 Å². The molecule has 0 aliphatic carbocycles. The SMILES string of the molecule is O=C(Cc1cccc2cccnc12)Oc1ccc(NC(=O)c2ccccc2)cc1. The Hall–Kier alpha value is -3.99. The molecule has 5 heteroatoms. The number of para-hydroxylation sites is 1. The average Bonchev–Trinajstić information content (AvgIpc) is 2.76. The molecule has 1 N–H and O–H groups in total. The predicted molar refractivity (Wildman–Crippen MR) is 112 cm³/mol. The maximum absolute atomic E-state index is 12.4. The monoisotopic (exact) mass is 382 g/mol. The van der Waals surface area contributed by atoms with Crippen LogP contribution in [0.2, 0.25) is 0 Å². The normalized spacial score (nSPS) is 10.5. The number of nitrogens with zero attached hydrogens (tertiary/aromatic N) is 1. The molecule has 0 radical (unpaired) electrons. The molecule has 0 unspecified atom stereocenters. The van der Waals surface area contributed by atoms with Crippen LogP contribution in [0.25, 0.3) is 10.9 Å². The zero-order chi connectivity index (χ0) is 20.1. The number of fused-ring (bicyclic) bond motifs is 1. The van der Waals surface area contributed by atoms with Gasteiger partial charge in [-0.25, -0.2) is 0 Å². The van der Waals surface area contributed by atoms with Crippen LogP contribution >= 0.6 is 0 Å². The number of carbonyl (C=O) groups excluding carboxylic acids is 2. The number of hydrogen-bond acceptors (Lipinski definition) is 4. The molecule has 4 aromatic rings. The first kappa shape index (κ1) is 18.4. The minimum atomic E-state index is -0.371. The highest BCUT2D eigenvalue weighted by Crippen LogP contribution is 2.19. The molecule has 0 bridgehead atoms. The predicted octanol–water partition coefficient (Wildman–Crippen LogP) is 4.64. The Morgan fingerprint density at radius 2 is 1.59 bits per heavy atom. The van der Waals surface area contributed by atoms with Gasteiger partial charge < -0.3 is 10.1 Å². The molecule has 5 nitrogen and oxygen atoms in total. The van der Waals surface area contributed by atoms with Crippen molar-refractivity contribution in [3.8, 4) is 5.75 Å². The molecular weight excluding hydrogens is 364 g/mol. The molecule has 142 valence electrons. The lowest BCUT2D eigenvalue weighted by molar-refractivity contribution is -0.133. The van der Waals surface area contributed by atoms with Gasteiger partial charge in [-0.3, -0.25) is 14.6 Å². The van der Waals surface area contributed by atoms with Crippen LogP contribution in [-0.4, -0.2) is 16.9 Å². The molecule has 0 atom stereocenters. The number of rotatable bonds is 5. The van der Waals surface area contributed by atoms with Gasteiger partial charge in [0, 0.05) is 22.8 Å². The second-order valence-corrected chi connectivity index (χ2v) is 6.49. The van der Waals surface area contributed by atoms with E-state index < -0.39 is 0 Å². The lowest BCUT2D eigenvalue weighted by Gasteiger charge is -2.08. The standard InChI is InChI=1S/C24H18N2O3/c27-22(16-19-9-4-8-17-10-5-15-25-23(17)19)29-21-13-11-20(12-14-21)26-24(28)18-6-2-1-3-7-18/h1-15H,16H2,(H,26,28). The molecule has 0 spiro atoms.